The summed E-state index contributed by atoms with van der Waals surface area (Å²) in [6.45, 7) is 5.10. The highest BCUT2D eigenvalue weighted by Crippen LogP contribution is 2.46. The molecule has 2 aliphatic heterocycles. The molecule has 3 heterocycles. The van der Waals surface area contributed by atoms with E-state index < -0.39 is 0 Å². The SMILES string of the molecule is CC1=Nc2ccccc2C12CCN(Cc1ccn(C)c(=O)c1)CC2. The summed E-state index contributed by atoms with van der Waals surface area (Å²) in [7, 11) is 1.79. The van der Waals surface area contributed by atoms with E-state index in [2.05, 4.69) is 36.1 Å². The molecule has 1 aromatic carbocycles. The highest BCUT2D eigenvalue weighted by Gasteiger charge is 2.43. The lowest BCUT2D eigenvalue weighted by atomic mass is 9.71. The first-order chi connectivity index (χ1) is 11.6. The Morgan fingerprint density at radius 1 is 1.17 bits per heavy atom. The molecule has 0 aliphatic carbocycles. The van der Waals surface area contributed by atoms with E-state index in [0.717, 1.165) is 43.7 Å². The van der Waals surface area contributed by atoms with Crippen LogP contribution >= 0.6 is 0 Å². The molecule has 0 saturated carbocycles. The molecule has 4 heteroatoms. The molecule has 2 aliphatic rings. The summed E-state index contributed by atoms with van der Waals surface area (Å²) in [4.78, 5) is 19.1. The fourth-order valence-electron chi connectivity index (χ4n) is 4.13. The monoisotopic (exact) mass is 321 g/mol. The second-order valence-electron chi connectivity index (χ2n) is 7.06. The number of aryl methyl sites for hydroxylation is 1. The second-order valence-corrected chi connectivity index (χ2v) is 7.06. The van der Waals surface area contributed by atoms with Crippen LogP contribution in [0.4, 0.5) is 5.69 Å². The lowest BCUT2D eigenvalue weighted by Crippen LogP contribution is -2.45. The molecular formula is C20H23N3O. The quantitative estimate of drug-likeness (QED) is 0.853. The number of nitrogens with zero attached hydrogens (tertiary/aromatic N) is 3. The molecule has 0 unspecified atom stereocenters. The van der Waals surface area contributed by atoms with Gasteiger partial charge >= 0.3 is 0 Å². The summed E-state index contributed by atoms with van der Waals surface area (Å²) < 4.78 is 1.62. The van der Waals surface area contributed by atoms with Crippen molar-refractivity contribution in [3.05, 3.63) is 64.1 Å². The molecule has 24 heavy (non-hydrogen) atoms. The third-order valence-electron chi connectivity index (χ3n) is 5.68. The summed E-state index contributed by atoms with van der Waals surface area (Å²) in [5, 5.41) is 0. The number of aromatic nitrogens is 1. The van der Waals surface area contributed by atoms with Crippen LogP contribution in [0.1, 0.15) is 30.9 Å². The van der Waals surface area contributed by atoms with Gasteiger partial charge in [0.1, 0.15) is 0 Å². The fraction of sp³-hybridized carbons (Fsp3) is 0.400. The molecule has 4 nitrogen and oxygen atoms in total. The van der Waals surface area contributed by atoms with E-state index in [1.165, 1.54) is 11.3 Å². The summed E-state index contributed by atoms with van der Waals surface area (Å²) in [5.74, 6) is 0. The van der Waals surface area contributed by atoms with Gasteiger partial charge in [-0.15, -0.1) is 0 Å². The van der Waals surface area contributed by atoms with Gasteiger partial charge in [0, 0.05) is 37.0 Å². The number of piperidine rings is 1. The van der Waals surface area contributed by atoms with Gasteiger partial charge in [0.05, 0.1) is 5.69 Å². The number of benzene rings is 1. The van der Waals surface area contributed by atoms with E-state index in [0.29, 0.717) is 0 Å². The number of hydrogen-bond donors (Lipinski definition) is 0. The molecule has 1 aromatic heterocycles. The van der Waals surface area contributed by atoms with Crippen LogP contribution in [0.3, 0.4) is 0 Å². The fourth-order valence-corrected chi connectivity index (χ4v) is 4.13. The summed E-state index contributed by atoms with van der Waals surface area (Å²) in [6, 6.07) is 12.4. The lowest BCUT2D eigenvalue weighted by molar-refractivity contribution is 0.185. The van der Waals surface area contributed by atoms with Crippen LogP contribution in [0.5, 0.6) is 0 Å². The maximum Gasteiger partial charge on any atom is 0.250 e. The number of hydrogen-bond acceptors (Lipinski definition) is 3. The second kappa shape index (κ2) is 5.71. The number of likely N-dealkylation sites (tertiary alicyclic amines) is 1. The third-order valence-corrected chi connectivity index (χ3v) is 5.68. The van der Waals surface area contributed by atoms with E-state index in [1.54, 1.807) is 17.7 Å². The molecule has 0 radical (unpaired) electrons. The van der Waals surface area contributed by atoms with Crippen LogP contribution in [-0.4, -0.2) is 28.3 Å². The minimum atomic E-state index is 0.0636. The Bertz CT molecular complexity index is 857. The van der Waals surface area contributed by atoms with Crippen molar-refractivity contribution in [3.8, 4) is 0 Å². The van der Waals surface area contributed by atoms with Gasteiger partial charge in [-0.3, -0.25) is 14.7 Å². The normalized spacial score (nSPS) is 19.3. The third kappa shape index (κ3) is 2.42. The van der Waals surface area contributed by atoms with Gasteiger partial charge in [-0.05, 0) is 56.1 Å². The van der Waals surface area contributed by atoms with Crippen molar-refractivity contribution in [2.24, 2.45) is 12.0 Å². The van der Waals surface area contributed by atoms with Crippen LogP contribution in [0.15, 0.2) is 52.4 Å². The first kappa shape index (κ1) is 15.3. The number of aliphatic imine (C=N–C) groups is 1. The Labute approximate surface area is 142 Å². The molecule has 1 saturated heterocycles. The zero-order valence-electron chi connectivity index (χ0n) is 14.3. The first-order valence-electron chi connectivity index (χ1n) is 8.62. The van der Waals surface area contributed by atoms with E-state index in [1.807, 2.05) is 12.3 Å². The predicted octanol–water partition coefficient (Wildman–Crippen LogP) is 3.03. The molecule has 1 spiro atoms. The lowest BCUT2D eigenvalue weighted by Gasteiger charge is -2.40. The largest absolute Gasteiger partial charge is 0.319 e. The van der Waals surface area contributed by atoms with Gasteiger partial charge in [0.15, 0.2) is 0 Å². The van der Waals surface area contributed by atoms with Crippen molar-refractivity contribution in [2.75, 3.05) is 13.1 Å². The molecule has 0 amide bonds. The Balaban J connectivity index is 1.50. The summed E-state index contributed by atoms with van der Waals surface area (Å²) in [6.07, 6.45) is 4.06. The minimum absolute atomic E-state index is 0.0636. The van der Waals surface area contributed by atoms with Gasteiger partial charge in [-0.2, -0.15) is 0 Å². The first-order valence-corrected chi connectivity index (χ1v) is 8.62. The van der Waals surface area contributed by atoms with Crippen LogP contribution in [0, 0.1) is 0 Å². The number of pyridine rings is 1. The zero-order valence-corrected chi connectivity index (χ0v) is 14.3. The summed E-state index contributed by atoms with van der Waals surface area (Å²) in [5.41, 5.74) is 5.10. The maximum atomic E-state index is 11.8. The van der Waals surface area contributed by atoms with Crippen LogP contribution in [0.2, 0.25) is 0 Å². The van der Waals surface area contributed by atoms with Crippen molar-refractivity contribution in [3.63, 3.8) is 0 Å². The molecule has 0 bridgehead atoms. The number of rotatable bonds is 2. The molecule has 4 rings (SSSR count). The smallest absolute Gasteiger partial charge is 0.250 e. The Morgan fingerprint density at radius 3 is 2.67 bits per heavy atom. The van der Waals surface area contributed by atoms with Crippen molar-refractivity contribution in [2.45, 2.75) is 31.7 Å². The topological polar surface area (TPSA) is 37.6 Å². The molecule has 2 aromatic rings. The molecule has 1 fully saturated rings. The molecule has 0 N–H and O–H groups in total. The average molecular weight is 321 g/mol. The summed E-state index contributed by atoms with van der Waals surface area (Å²) >= 11 is 0. The van der Waals surface area contributed by atoms with E-state index in [-0.39, 0.29) is 11.0 Å². The van der Waals surface area contributed by atoms with Crippen molar-refractivity contribution in [1.82, 2.24) is 9.47 Å². The Kier molecular flexibility index (Phi) is 3.65. The molecule has 124 valence electrons. The highest BCUT2D eigenvalue weighted by molar-refractivity contribution is 6.00. The van der Waals surface area contributed by atoms with E-state index in [4.69, 9.17) is 4.99 Å². The average Bonchev–Trinajstić information content (AvgIpc) is 2.85. The van der Waals surface area contributed by atoms with Crippen LogP contribution in [-0.2, 0) is 19.0 Å². The number of para-hydroxylation sites is 1. The maximum absolute atomic E-state index is 11.8. The van der Waals surface area contributed by atoms with Gasteiger partial charge in [0.2, 0.25) is 0 Å². The van der Waals surface area contributed by atoms with Gasteiger partial charge in [0.25, 0.3) is 5.56 Å². The van der Waals surface area contributed by atoms with Crippen molar-refractivity contribution >= 4 is 11.4 Å². The Morgan fingerprint density at radius 2 is 1.92 bits per heavy atom. The predicted molar refractivity (Wildman–Crippen MR) is 97.1 cm³/mol. The number of fused-ring (bicyclic) bond motifs is 2. The van der Waals surface area contributed by atoms with Crippen molar-refractivity contribution < 1.29 is 0 Å². The molecular weight excluding hydrogens is 298 g/mol. The van der Waals surface area contributed by atoms with Crippen molar-refractivity contribution in [1.29, 1.82) is 0 Å². The van der Waals surface area contributed by atoms with Crippen LogP contribution < -0.4 is 5.56 Å². The van der Waals surface area contributed by atoms with Gasteiger partial charge in [-0.25, -0.2) is 0 Å². The molecule has 0 atom stereocenters. The van der Waals surface area contributed by atoms with E-state index in [9.17, 15) is 4.79 Å². The van der Waals surface area contributed by atoms with Crippen LogP contribution in [0.25, 0.3) is 0 Å². The van der Waals surface area contributed by atoms with Gasteiger partial charge < -0.3 is 4.57 Å². The standard InChI is InChI=1S/C20H23N3O/c1-15-20(17-5-3-4-6-18(17)21-15)8-11-23(12-9-20)14-16-7-10-22(2)19(24)13-16/h3-7,10,13H,8-9,11-12,14H2,1-2H3. The van der Waals surface area contributed by atoms with E-state index >= 15 is 0 Å². The minimum Gasteiger partial charge on any atom is -0.319 e. The Hall–Kier alpha value is -2.20. The highest BCUT2D eigenvalue weighted by atomic mass is 16.1. The zero-order chi connectivity index (χ0) is 16.7. The van der Waals surface area contributed by atoms with Gasteiger partial charge in [-0.1, -0.05) is 18.2 Å².